The fraction of sp³-hybridized carbons (Fsp3) is 0.600. The van der Waals surface area contributed by atoms with Gasteiger partial charge in [0.05, 0.1) is 0 Å². The van der Waals surface area contributed by atoms with Gasteiger partial charge in [-0.25, -0.2) is 4.79 Å². The molecule has 0 aromatic rings. The van der Waals surface area contributed by atoms with Gasteiger partial charge in [-0.15, -0.1) is 0 Å². The third-order valence-electron chi connectivity index (χ3n) is 1.24. The Kier molecular flexibility index (Phi) is 3.29. The van der Waals surface area contributed by atoms with Crippen molar-refractivity contribution in [2.45, 2.75) is 12.1 Å². The van der Waals surface area contributed by atoms with E-state index in [1.54, 1.807) is 0 Å². The van der Waals surface area contributed by atoms with Crippen molar-refractivity contribution in [2.75, 3.05) is 6.61 Å². The first-order valence-electron chi connectivity index (χ1n) is 2.76. The van der Waals surface area contributed by atoms with Crippen LogP contribution in [-0.2, 0) is 14.2 Å². The summed E-state index contributed by atoms with van der Waals surface area (Å²) in [6.45, 7) is 0.412. The minimum Gasteiger partial charge on any atom is -0.475 e. The van der Waals surface area contributed by atoms with Crippen LogP contribution in [0.5, 0.6) is 0 Å². The summed E-state index contributed by atoms with van der Waals surface area (Å²) >= 11 is 0. The van der Waals surface area contributed by atoms with Crippen molar-refractivity contribution in [1.29, 1.82) is 0 Å². The zero-order valence-electron chi connectivity index (χ0n) is 5.83. The van der Waals surface area contributed by atoms with Crippen molar-refractivity contribution in [3.05, 3.63) is 0 Å². The van der Waals surface area contributed by atoms with E-state index < -0.39 is 32.0 Å². The van der Waals surface area contributed by atoms with E-state index in [4.69, 9.17) is 10.2 Å². The fourth-order valence-corrected chi connectivity index (χ4v) is 0.651. The van der Waals surface area contributed by atoms with Crippen LogP contribution in [0.3, 0.4) is 0 Å². The van der Waals surface area contributed by atoms with Gasteiger partial charge in [-0.1, -0.05) is 4.57 Å². The summed E-state index contributed by atoms with van der Waals surface area (Å²) in [4.78, 5) is 20.7. The van der Waals surface area contributed by atoms with E-state index in [-0.39, 0.29) is 0 Å². The maximum absolute atomic E-state index is 10.7. The Morgan fingerprint density at radius 3 is 2.09 bits per heavy atom. The number of carboxylic acid groups (broad SMARTS) is 1. The molecule has 6 heteroatoms. The molecular formula is C5H8O5P+. The lowest BCUT2D eigenvalue weighted by Gasteiger charge is -2.05. The molecule has 2 unspecified atom stereocenters. The van der Waals surface area contributed by atoms with Gasteiger partial charge in [0.2, 0.25) is 0 Å². The number of rotatable bonds is 4. The van der Waals surface area contributed by atoms with Gasteiger partial charge in [-0.05, 0) is 6.92 Å². The number of aliphatic hydroxyl groups is 1. The zero-order chi connectivity index (χ0) is 9.07. The Labute approximate surface area is 64.2 Å². The lowest BCUT2D eigenvalue weighted by molar-refractivity contribution is -0.150. The predicted molar refractivity (Wildman–Crippen MR) is 37.1 cm³/mol. The first-order chi connectivity index (χ1) is 4.98. The zero-order valence-corrected chi connectivity index (χ0v) is 6.83. The number of Topliss-reactive ketones (excluding diaryl/α,β-unsaturated/α-hetero) is 1. The Morgan fingerprint density at radius 2 is 2.00 bits per heavy atom. The van der Waals surface area contributed by atoms with Crippen molar-refractivity contribution < 1.29 is 24.4 Å². The molecule has 0 aromatic carbocycles. The number of aliphatic hydroxyl groups excluding tert-OH is 1. The van der Waals surface area contributed by atoms with Crippen LogP contribution in [0.2, 0.25) is 0 Å². The van der Waals surface area contributed by atoms with Crippen LogP contribution in [0, 0.1) is 0 Å². The lowest BCUT2D eigenvalue weighted by Crippen LogP contribution is -2.38. The highest BCUT2D eigenvalue weighted by Gasteiger charge is 2.45. The summed E-state index contributed by atoms with van der Waals surface area (Å²) in [5.41, 5.74) is 0. The highest BCUT2D eigenvalue weighted by molar-refractivity contribution is 7.28. The maximum Gasteiger partial charge on any atom is 0.377 e. The molecular weight excluding hydrogens is 171 g/mol. The van der Waals surface area contributed by atoms with Gasteiger partial charge < -0.3 is 10.2 Å². The van der Waals surface area contributed by atoms with Crippen LogP contribution in [0.25, 0.3) is 0 Å². The minimum absolute atomic E-state index is 0.722. The Balaban J connectivity index is 4.64. The molecule has 2 atom stereocenters. The number of aliphatic carboxylic acids is 1. The van der Waals surface area contributed by atoms with Gasteiger partial charge in [0.15, 0.2) is 0 Å². The quantitative estimate of drug-likeness (QED) is 0.444. The number of carbonyl (C=O) groups is 2. The van der Waals surface area contributed by atoms with E-state index >= 15 is 0 Å². The third kappa shape index (κ3) is 2.06. The van der Waals surface area contributed by atoms with Crippen LogP contribution >= 0.6 is 8.46 Å². The van der Waals surface area contributed by atoms with E-state index in [1.165, 1.54) is 0 Å². The molecule has 0 saturated heterocycles. The number of hydrogen-bond donors (Lipinski definition) is 2. The topological polar surface area (TPSA) is 91.7 Å². The molecule has 62 valence electrons. The van der Waals surface area contributed by atoms with Crippen molar-refractivity contribution in [3.63, 3.8) is 0 Å². The SMILES string of the molecule is CC(CO)([PH+]=O)C(=O)C(=O)O. The number of carboxylic acids is 1. The second-order valence-corrected chi connectivity index (χ2v) is 3.53. The molecule has 0 fully saturated rings. The van der Waals surface area contributed by atoms with Crippen molar-refractivity contribution in [1.82, 2.24) is 0 Å². The van der Waals surface area contributed by atoms with E-state index in [1.807, 2.05) is 0 Å². The minimum atomic E-state index is -1.68. The highest BCUT2D eigenvalue weighted by Crippen LogP contribution is 2.22. The Bertz CT molecular complexity index is 201. The van der Waals surface area contributed by atoms with Gasteiger partial charge in [-0.2, -0.15) is 0 Å². The van der Waals surface area contributed by atoms with Gasteiger partial charge in [0.25, 0.3) is 10.9 Å². The molecule has 0 bridgehead atoms. The van der Waals surface area contributed by atoms with Crippen LogP contribution < -0.4 is 0 Å². The molecule has 11 heavy (non-hydrogen) atoms. The second-order valence-electron chi connectivity index (χ2n) is 2.23. The molecule has 0 radical (unpaired) electrons. The molecule has 0 rings (SSSR count). The molecule has 0 aliphatic heterocycles. The summed E-state index contributed by atoms with van der Waals surface area (Å²) in [5, 5.41) is 15.1. The highest BCUT2D eigenvalue weighted by atomic mass is 31.1. The summed E-state index contributed by atoms with van der Waals surface area (Å²) in [6.07, 6.45) is 0. The lowest BCUT2D eigenvalue weighted by atomic mass is 10.1. The third-order valence-corrected chi connectivity index (χ3v) is 2.07. The van der Waals surface area contributed by atoms with Crippen molar-refractivity contribution in [2.24, 2.45) is 0 Å². The van der Waals surface area contributed by atoms with E-state index in [2.05, 4.69) is 0 Å². The summed E-state index contributed by atoms with van der Waals surface area (Å²) in [5.74, 6) is -2.90. The first-order valence-corrected chi connectivity index (χ1v) is 3.66. The molecule has 2 N–H and O–H groups in total. The van der Waals surface area contributed by atoms with E-state index in [9.17, 15) is 14.2 Å². The number of ketones is 1. The van der Waals surface area contributed by atoms with Crippen LogP contribution in [0.15, 0.2) is 0 Å². The molecule has 0 aromatic heterocycles. The summed E-state index contributed by atoms with van der Waals surface area (Å²) < 4.78 is 10.3. The van der Waals surface area contributed by atoms with E-state index in [0.717, 1.165) is 6.92 Å². The largest absolute Gasteiger partial charge is 0.475 e. The molecule has 0 amide bonds. The average molecular weight is 179 g/mol. The van der Waals surface area contributed by atoms with Crippen molar-refractivity contribution >= 4 is 20.2 Å². The van der Waals surface area contributed by atoms with Gasteiger partial charge in [0.1, 0.15) is 6.61 Å². The molecule has 0 aliphatic rings. The summed E-state index contributed by atoms with van der Waals surface area (Å²) in [7, 11) is -1.16. The van der Waals surface area contributed by atoms with Gasteiger partial charge in [0, 0.05) is 0 Å². The fourth-order valence-electron chi connectivity index (χ4n) is 0.386. The molecule has 5 nitrogen and oxygen atoms in total. The molecule has 0 heterocycles. The Hall–Kier alpha value is -0.800. The standard InChI is InChI=1S/C5H7O5P/c1-5(2-6,11-10)3(7)4(8)9/h6H,2H2,1H3,(H,8,9)/p+1. The van der Waals surface area contributed by atoms with Gasteiger partial charge >= 0.3 is 14.4 Å². The predicted octanol–water partition coefficient (Wildman–Crippen LogP) is -0.585. The molecule has 0 spiro atoms. The Morgan fingerprint density at radius 1 is 1.55 bits per heavy atom. The second kappa shape index (κ2) is 3.55. The molecule has 0 aliphatic carbocycles. The van der Waals surface area contributed by atoms with E-state index in [0.29, 0.717) is 0 Å². The van der Waals surface area contributed by atoms with Gasteiger partial charge in [-0.3, -0.25) is 4.79 Å². The average Bonchev–Trinajstić information content (AvgIpc) is 2.01. The molecule has 0 saturated carbocycles. The monoisotopic (exact) mass is 179 g/mol. The van der Waals surface area contributed by atoms with Crippen LogP contribution in [0.4, 0.5) is 0 Å². The normalized spacial score (nSPS) is 15.8. The van der Waals surface area contributed by atoms with Crippen LogP contribution in [0.1, 0.15) is 6.92 Å². The smallest absolute Gasteiger partial charge is 0.377 e. The van der Waals surface area contributed by atoms with Crippen LogP contribution in [-0.4, -0.2) is 33.7 Å². The first kappa shape index (κ1) is 10.2. The number of carbonyl (C=O) groups excluding carboxylic acids is 1. The number of hydrogen-bond acceptors (Lipinski definition) is 4. The summed E-state index contributed by atoms with van der Waals surface area (Å²) in [6, 6.07) is 0. The maximum atomic E-state index is 10.7. The van der Waals surface area contributed by atoms with Crippen molar-refractivity contribution in [3.8, 4) is 0 Å².